The molecule has 9 heteroatoms. The number of nitrogens with one attached hydrogen (secondary N) is 3. The number of primary amides is 1. The first-order valence-corrected chi connectivity index (χ1v) is 10.5. The van der Waals surface area contributed by atoms with E-state index in [-0.39, 0.29) is 5.56 Å². The summed E-state index contributed by atoms with van der Waals surface area (Å²) in [5, 5.41) is 12.4. The number of fused-ring (bicyclic) bond motifs is 1. The van der Waals surface area contributed by atoms with Gasteiger partial charge in [-0.15, -0.1) is 0 Å². The van der Waals surface area contributed by atoms with Crippen LogP contribution in [0.4, 0.5) is 11.5 Å². The zero-order valence-corrected chi connectivity index (χ0v) is 17.3. The molecule has 5 N–H and O–H groups in total. The van der Waals surface area contributed by atoms with Crippen molar-refractivity contribution in [2.24, 2.45) is 5.73 Å². The van der Waals surface area contributed by atoms with Crippen LogP contribution in [0.15, 0.2) is 59.8 Å². The Morgan fingerprint density at radius 2 is 1.94 bits per heavy atom. The molecule has 0 atom stereocenters. The summed E-state index contributed by atoms with van der Waals surface area (Å²) in [6, 6.07) is 10.8. The van der Waals surface area contributed by atoms with E-state index in [2.05, 4.69) is 20.7 Å². The normalized spacial score (nSPS) is 14.5. The summed E-state index contributed by atoms with van der Waals surface area (Å²) >= 11 is 0. The molecule has 0 unspecified atom stereocenters. The first kappa shape index (κ1) is 20.0. The maximum Gasteiger partial charge on any atom is 0.259 e. The second-order valence-electron chi connectivity index (χ2n) is 7.88. The molecular formula is C23H23N7O2. The number of amides is 1. The van der Waals surface area contributed by atoms with E-state index in [1.54, 1.807) is 30.5 Å². The molecule has 0 aliphatic carbocycles. The van der Waals surface area contributed by atoms with Crippen LogP contribution in [0, 0.1) is 0 Å². The summed E-state index contributed by atoms with van der Waals surface area (Å²) in [6.45, 7) is 1.97. The van der Waals surface area contributed by atoms with Crippen LogP contribution >= 0.6 is 0 Å². The number of H-pyrrole nitrogens is 1. The van der Waals surface area contributed by atoms with Crippen LogP contribution in [0.25, 0.3) is 22.0 Å². The molecule has 0 radical (unpaired) electrons. The predicted molar refractivity (Wildman–Crippen MR) is 123 cm³/mol. The molecule has 1 fully saturated rings. The molecule has 4 heterocycles. The Balaban J connectivity index is 1.54. The van der Waals surface area contributed by atoms with Crippen LogP contribution in [0.5, 0.6) is 0 Å². The minimum absolute atomic E-state index is 0.233. The van der Waals surface area contributed by atoms with Crippen LogP contribution in [0.3, 0.4) is 0 Å². The van der Waals surface area contributed by atoms with Crippen molar-refractivity contribution in [3.63, 3.8) is 0 Å². The zero-order chi connectivity index (χ0) is 22.1. The number of carbonyl (C=O) groups is 1. The van der Waals surface area contributed by atoms with E-state index in [1.807, 2.05) is 29.2 Å². The molecule has 5 rings (SSSR count). The van der Waals surface area contributed by atoms with E-state index in [9.17, 15) is 9.59 Å². The van der Waals surface area contributed by atoms with E-state index in [1.165, 1.54) is 0 Å². The van der Waals surface area contributed by atoms with Gasteiger partial charge >= 0.3 is 0 Å². The number of nitrogens with zero attached hydrogens (tertiary/aromatic N) is 3. The number of rotatable bonds is 5. The average Bonchev–Trinajstić information content (AvgIpc) is 3.30. The van der Waals surface area contributed by atoms with Crippen molar-refractivity contribution >= 4 is 28.2 Å². The van der Waals surface area contributed by atoms with Gasteiger partial charge in [-0.3, -0.25) is 14.3 Å². The third-order valence-electron chi connectivity index (χ3n) is 5.77. The molecule has 3 aromatic heterocycles. The number of nitrogens with two attached hydrogens (primary N) is 1. The number of pyridine rings is 2. The topological polar surface area (TPSA) is 131 Å². The molecule has 0 bridgehead atoms. The Hall–Kier alpha value is -3.98. The summed E-state index contributed by atoms with van der Waals surface area (Å²) < 4.78 is 2.01. The highest BCUT2D eigenvalue weighted by Gasteiger charge is 2.17. The molecule has 162 valence electrons. The Morgan fingerprint density at radius 3 is 2.69 bits per heavy atom. The van der Waals surface area contributed by atoms with Gasteiger partial charge in [-0.05, 0) is 67.7 Å². The van der Waals surface area contributed by atoms with Crippen molar-refractivity contribution in [1.29, 1.82) is 0 Å². The summed E-state index contributed by atoms with van der Waals surface area (Å²) in [5.74, 6) is -0.0647. The number of carbonyl (C=O) groups excluding carboxylic acids is 1. The predicted octanol–water partition coefficient (Wildman–Crippen LogP) is 2.55. The maximum atomic E-state index is 12.6. The van der Waals surface area contributed by atoms with Crippen molar-refractivity contribution in [1.82, 2.24) is 25.1 Å². The monoisotopic (exact) mass is 429 g/mol. The fourth-order valence-electron chi connectivity index (χ4n) is 4.05. The number of aromatic nitrogens is 4. The van der Waals surface area contributed by atoms with Gasteiger partial charge in [-0.25, -0.2) is 4.98 Å². The second-order valence-corrected chi connectivity index (χ2v) is 7.88. The molecule has 0 saturated carbocycles. The van der Waals surface area contributed by atoms with E-state index >= 15 is 0 Å². The van der Waals surface area contributed by atoms with Gasteiger partial charge in [0.05, 0.1) is 23.3 Å². The van der Waals surface area contributed by atoms with Crippen LogP contribution in [-0.2, 0) is 0 Å². The lowest BCUT2D eigenvalue weighted by molar-refractivity contribution is 0.100. The van der Waals surface area contributed by atoms with Crippen molar-refractivity contribution in [3.05, 3.63) is 70.9 Å². The molecule has 1 saturated heterocycles. The Kier molecular flexibility index (Phi) is 5.16. The van der Waals surface area contributed by atoms with Crippen molar-refractivity contribution in [2.75, 3.05) is 18.4 Å². The Bertz CT molecular complexity index is 1330. The van der Waals surface area contributed by atoms with Gasteiger partial charge in [0, 0.05) is 29.2 Å². The van der Waals surface area contributed by atoms with Crippen molar-refractivity contribution < 1.29 is 4.79 Å². The highest BCUT2D eigenvalue weighted by Crippen LogP contribution is 2.29. The highest BCUT2D eigenvalue weighted by atomic mass is 16.1. The van der Waals surface area contributed by atoms with E-state index in [0.717, 1.165) is 42.6 Å². The van der Waals surface area contributed by atoms with Gasteiger partial charge in [-0.2, -0.15) is 5.10 Å². The van der Waals surface area contributed by atoms with Gasteiger partial charge < -0.3 is 21.4 Å². The third-order valence-corrected chi connectivity index (χ3v) is 5.77. The summed E-state index contributed by atoms with van der Waals surface area (Å²) in [6.07, 6.45) is 7.53. The van der Waals surface area contributed by atoms with Crippen molar-refractivity contribution in [3.8, 4) is 11.3 Å². The van der Waals surface area contributed by atoms with E-state index in [0.29, 0.717) is 28.5 Å². The second kappa shape index (κ2) is 8.27. The number of benzene rings is 1. The first-order valence-electron chi connectivity index (χ1n) is 10.5. The molecule has 1 amide bonds. The van der Waals surface area contributed by atoms with Crippen LogP contribution < -0.4 is 21.9 Å². The van der Waals surface area contributed by atoms with Gasteiger partial charge in [0.15, 0.2) is 0 Å². The van der Waals surface area contributed by atoms with Crippen molar-refractivity contribution in [2.45, 2.75) is 18.9 Å². The molecule has 9 nitrogen and oxygen atoms in total. The lowest BCUT2D eigenvalue weighted by Crippen LogP contribution is -2.29. The molecule has 0 spiro atoms. The number of hydrogen-bond donors (Lipinski definition) is 4. The van der Waals surface area contributed by atoms with Crippen LogP contribution in [0.1, 0.15) is 29.2 Å². The highest BCUT2D eigenvalue weighted by molar-refractivity contribution is 5.96. The molecule has 1 aliphatic heterocycles. The largest absolute Gasteiger partial charge is 0.366 e. The number of hydrogen-bond acceptors (Lipinski definition) is 6. The Labute approximate surface area is 183 Å². The molecule has 32 heavy (non-hydrogen) atoms. The summed E-state index contributed by atoms with van der Waals surface area (Å²) in [7, 11) is 0. The van der Waals surface area contributed by atoms with Gasteiger partial charge in [0.2, 0.25) is 5.91 Å². The smallest absolute Gasteiger partial charge is 0.259 e. The average molecular weight is 429 g/mol. The first-order chi connectivity index (χ1) is 15.6. The van der Waals surface area contributed by atoms with E-state index in [4.69, 9.17) is 10.7 Å². The molecule has 1 aromatic carbocycles. The van der Waals surface area contributed by atoms with Gasteiger partial charge in [-0.1, -0.05) is 0 Å². The molecular weight excluding hydrogens is 406 g/mol. The summed E-state index contributed by atoms with van der Waals surface area (Å²) in [5.41, 5.74) is 7.79. The fourth-order valence-corrected chi connectivity index (χ4v) is 4.05. The minimum atomic E-state index is -0.496. The molecule has 4 aromatic rings. The standard InChI is InChI=1S/C23H23N7O2/c24-21(31)14-1-3-17(4-2-14)28-22-20-15(5-10-26-23(20)32)11-19(29-22)16-12-27-30(13-16)18-6-8-25-9-7-18/h1-5,10-13,18,25H,6-9H2,(H2,24,31)(H,26,32)(H,28,29). The number of anilines is 2. The summed E-state index contributed by atoms with van der Waals surface area (Å²) in [4.78, 5) is 31.4. The number of piperidine rings is 1. The SMILES string of the molecule is NC(=O)c1ccc(Nc2nc(-c3cnn(C4CCNCC4)c3)cc3cc[nH]c(=O)c23)cc1. The maximum absolute atomic E-state index is 12.6. The van der Waals surface area contributed by atoms with Gasteiger partial charge in [0.1, 0.15) is 5.82 Å². The molecule has 1 aliphatic rings. The fraction of sp³-hybridized carbons (Fsp3) is 0.217. The lowest BCUT2D eigenvalue weighted by atomic mass is 10.1. The van der Waals surface area contributed by atoms with Crippen LogP contribution in [-0.4, -0.2) is 38.7 Å². The lowest BCUT2D eigenvalue weighted by Gasteiger charge is -2.22. The van der Waals surface area contributed by atoms with Crippen LogP contribution in [0.2, 0.25) is 0 Å². The number of aromatic amines is 1. The minimum Gasteiger partial charge on any atom is -0.366 e. The zero-order valence-electron chi connectivity index (χ0n) is 17.3. The van der Waals surface area contributed by atoms with Gasteiger partial charge in [0.25, 0.3) is 5.56 Å². The Morgan fingerprint density at radius 1 is 1.16 bits per heavy atom. The quantitative estimate of drug-likeness (QED) is 0.386. The third kappa shape index (κ3) is 3.85. The van der Waals surface area contributed by atoms with E-state index < -0.39 is 5.91 Å².